The second kappa shape index (κ2) is 10.9. The molecule has 1 atom stereocenters. The Bertz CT molecular complexity index is 1120. The van der Waals surface area contributed by atoms with Gasteiger partial charge < -0.3 is 19.1 Å². The molecule has 6 heteroatoms. The van der Waals surface area contributed by atoms with E-state index in [-0.39, 0.29) is 6.10 Å². The third-order valence-electron chi connectivity index (χ3n) is 6.99. The number of benzene rings is 2. The van der Waals surface area contributed by atoms with Crippen molar-refractivity contribution >= 4 is 22.5 Å². The van der Waals surface area contributed by atoms with E-state index in [0.29, 0.717) is 18.4 Å². The first-order chi connectivity index (χ1) is 16.7. The number of pyridine rings is 1. The highest BCUT2D eigenvalue weighted by Crippen LogP contribution is 2.39. The molecule has 1 aliphatic heterocycles. The van der Waals surface area contributed by atoms with Gasteiger partial charge in [0.2, 0.25) is 0 Å². The maximum absolute atomic E-state index is 6.68. The van der Waals surface area contributed by atoms with Crippen LogP contribution in [-0.4, -0.2) is 49.3 Å². The highest BCUT2D eigenvalue weighted by molar-refractivity contribution is 6.30. The standard InChI is InChI=1S/C28H33ClN2O3/c1-32-26-17-23-22-11-10-21(34-19-20-8-3-2-4-9-20)16-24(22)28(29)30-25(23)18-27(26)33-15-7-14-31-12-5-6-13-31/h2-4,8-9,17-18,21H,5-7,10-16,19H2,1H3. The molecule has 5 nitrogen and oxygen atoms in total. The smallest absolute Gasteiger partial charge is 0.163 e. The first-order valence-corrected chi connectivity index (χ1v) is 12.8. The number of nitrogens with zero attached hydrogens (tertiary/aromatic N) is 2. The number of aromatic nitrogens is 1. The molecule has 0 bridgehead atoms. The van der Waals surface area contributed by atoms with E-state index in [0.717, 1.165) is 60.2 Å². The molecule has 180 valence electrons. The Hall–Kier alpha value is -2.34. The molecule has 5 rings (SSSR count). The van der Waals surface area contributed by atoms with Crippen LogP contribution < -0.4 is 9.47 Å². The number of halogens is 1. The van der Waals surface area contributed by atoms with Gasteiger partial charge in [-0.3, -0.25) is 0 Å². The van der Waals surface area contributed by atoms with Crippen molar-refractivity contribution in [2.75, 3.05) is 33.4 Å². The van der Waals surface area contributed by atoms with Gasteiger partial charge in [-0.25, -0.2) is 4.98 Å². The quantitative estimate of drug-likeness (QED) is 0.284. The summed E-state index contributed by atoms with van der Waals surface area (Å²) in [4.78, 5) is 7.24. The lowest BCUT2D eigenvalue weighted by Crippen LogP contribution is -2.23. The van der Waals surface area contributed by atoms with E-state index in [1.807, 2.05) is 24.3 Å². The molecule has 0 saturated carbocycles. The van der Waals surface area contributed by atoms with Crippen LogP contribution >= 0.6 is 11.6 Å². The van der Waals surface area contributed by atoms with Gasteiger partial charge in [0.05, 0.1) is 31.9 Å². The maximum atomic E-state index is 6.68. The molecule has 2 aromatic carbocycles. The number of likely N-dealkylation sites (tertiary alicyclic amines) is 1. The van der Waals surface area contributed by atoms with Crippen molar-refractivity contribution < 1.29 is 14.2 Å². The third-order valence-corrected chi connectivity index (χ3v) is 7.30. The lowest BCUT2D eigenvalue weighted by molar-refractivity contribution is 0.0320. The van der Waals surface area contributed by atoms with E-state index in [1.165, 1.54) is 37.1 Å². The molecule has 1 fully saturated rings. The molecule has 0 amide bonds. The highest BCUT2D eigenvalue weighted by Gasteiger charge is 2.25. The fourth-order valence-electron chi connectivity index (χ4n) is 5.15. The molecule has 0 radical (unpaired) electrons. The number of aryl methyl sites for hydroxylation is 1. The Labute approximate surface area is 207 Å². The summed E-state index contributed by atoms with van der Waals surface area (Å²) >= 11 is 6.68. The van der Waals surface area contributed by atoms with Crippen LogP contribution in [0.5, 0.6) is 11.5 Å². The first-order valence-electron chi connectivity index (χ1n) is 12.4. The topological polar surface area (TPSA) is 43.8 Å². The van der Waals surface area contributed by atoms with Gasteiger partial charge in [-0.1, -0.05) is 41.9 Å². The van der Waals surface area contributed by atoms with Gasteiger partial charge in [-0.15, -0.1) is 0 Å². The van der Waals surface area contributed by atoms with Gasteiger partial charge in [0.15, 0.2) is 11.5 Å². The molecule has 2 aliphatic rings. The van der Waals surface area contributed by atoms with E-state index >= 15 is 0 Å². The number of fused-ring (bicyclic) bond motifs is 3. The minimum absolute atomic E-state index is 0.143. The van der Waals surface area contributed by atoms with Gasteiger partial charge in [-0.2, -0.15) is 0 Å². The van der Waals surface area contributed by atoms with Crippen LogP contribution in [0.25, 0.3) is 10.9 Å². The predicted octanol–water partition coefficient (Wildman–Crippen LogP) is 5.84. The minimum atomic E-state index is 0.143. The molecule has 0 spiro atoms. The van der Waals surface area contributed by atoms with E-state index < -0.39 is 0 Å². The van der Waals surface area contributed by atoms with Crippen LogP contribution in [0.2, 0.25) is 5.15 Å². The molecule has 34 heavy (non-hydrogen) atoms. The molecular formula is C28H33ClN2O3. The number of ether oxygens (including phenoxy) is 3. The number of rotatable bonds is 9. The van der Waals surface area contributed by atoms with E-state index in [2.05, 4.69) is 23.1 Å². The Morgan fingerprint density at radius 2 is 1.88 bits per heavy atom. The molecule has 2 heterocycles. The van der Waals surface area contributed by atoms with Gasteiger partial charge in [0.1, 0.15) is 5.15 Å². The monoisotopic (exact) mass is 480 g/mol. The SMILES string of the molecule is COc1cc2c3c(c(Cl)nc2cc1OCCCN1CCCC1)CC(OCc1ccccc1)CC3. The van der Waals surface area contributed by atoms with Crippen LogP contribution in [0.3, 0.4) is 0 Å². The van der Waals surface area contributed by atoms with Gasteiger partial charge in [-0.05, 0) is 68.0 Å². The van der Waals surface area contributed by atoms with Gasteiger partial charge in [0, 0.05) is 24.4 Å². The Morgan fingerprint density at radius 3 is 2.68 bits per heavy atom. The summed E-state index contributed by atoms with van der Waals surface area (Å²) in [6.45, 7) is 4.79. The normalized spacial score (nSPS) is 18.2. The third kappa shape index (κ3) is 5.32. The molecule has 1 aliphatic carbocycles. The van der Waals surface area contributed by atoms with Crippen molar-refractivity contribution in [2.24, 2.45) is 0 Å². The molecule has 1 aromatic heterocycles. The van der Waals surface area contributed by atoms with E-state index in [9.17, 15) is 0 Å². The Balaban J connectivity index is 1.29. The average Bonchev–Trinajstić information content (AvgIpc) is 3.39. The maximum Gasteiger partial charge on any atom is 0.163 e. The van der Waals surface area contributed by atoms with Crippen molar-refractivity contribution in [2.45, 2.75) is 51.2 Å². The zero-order chi connectivity index (χ0) is 23.3. The van der Waals surface area contributed by atoms with Crippen LogP contribution in [0, 0.1) is 0 Å². The molecule has 1 saturated heterocycles. The van der Waals surface area contributed by atoms with E-state index in [1.54, 1.807) is 7.11 Å². The zero-order valence-corrected chi connectivity index (χ0v) is 20.7. The second-order valence-electron chi connectivity index (χ2n) is 9.29. The van der Waals surface area contributed by atoms with Crippen molar-refractivity contribution in [3.63, 3.8) is 0 Å². The fraction of sp³-hybridized carbons (Fsp3) is 0.464. The lowest BCUT2D eigenvalue weighted by Gasteiger charge is -2.27. The largest absolute Gasteiger partial charge is 0.493 e. The first kappa shape index (κ1) is 23.4. The average molecular weight is 481 g/mol. The Kier molecular flexibility index (Phi) is 7.53. The van der Waals surface area contributed by atoms with Crippen LogP contribution in [0.15, 0.2) is 42.5 Å². The summed E-state index contributed by atoms with van der Waals surface area (Å²) in [7, 11) is 1.70. The van der Waals surface area contributed by atoms with Crippen LogP contribution in [-0.2, 0) is 24.2 Å². The summed E-state index contributed by atoms with van der Waals surface area (Å²) in [5.41, 5.74) is 4.41. The summed E-state index contributed by atoms with van der Waals surface area (Å²) < 4.78 is 18.0. The predicted molar refractivity (Wildman–Crippen MR) is 136 cm³/mol. The number of methoxy groups -OCH3 is 1. The van der Waals surface area contributed by atoms with Crippen molar-refractivity contribution in [1.82, 2.24) is 9.88 Å². The number of hydrogen-bond acceptors (Lipinski definition) is 5. The van der Waals surface area contributed by atoms with Crippen molar-refractivity contribution in [3.8, 4) is 11.5 Å². The van der Waals surface area contributed by atoms with Crippen molar-refractivity contribution in [1.29, 1.82) is 0 Å². The van der Waals surface area contributed by atoms with Gasteiger partial charge >= 0.3 is 0 Å². The van der Waals surface area contributed by atoms with Crippen molar-refractivity contribution in [3.05, 3.63) is 64.3 Å². The lowest BCUT2D eigenvalue weighted by atomic mass is 9.88. The summed E-state index contributed by atoms with van der Waals surface area (Å²) in [6, 6.07) is 14.3. The fourth-order valence-corrected chi connectivity index (χ4v) is 5.43. The summed E-state index contributed by atoms with van der Waals surface area (Å²) in [5.74, 6) is 1.49. The second-order valence-corrected chi connectivity index (χ2v) is 9.65. The number of hydrogen-bond donors (Lipinski definition) is 0. The van der Waals surface area contributed by atoms with Gasteiger partial charge in [0.25, 0.3) is 0 Å². The van der Waals surface area contributed by atoms with Crippen LogP contribution in [0.4, 0.5) is 0 Å². The molecule has 1 unspecified atom stereocenters. The summed E-state index contributed by atoms with van der Waals surface area (Å²) in [5, 5.41) is 1.67. The minimum Gasteiger partial charge on any atom is -0.493 e. The molecule has 3 aromatic rings. The summed E-state index contributed by atoms with van der Waals surface area (Å²) in [6.07, 6.45) is 6.43. The molecule has 0 N–H and O–H groups in total. The Morgan fingerprint density at radius 1 is 1.06 bits per heavy atom. The molecular weight excluding hydrogens is 448 g/mol. The highest BCUT2D eigenvalue weighted by atomic mass is 35.5. The van der Waals surface area contributed by atoms with Crippen LogP contribution in [0.1, 0.15) is 42.4 Å². The zero-order valence-electron chi connectivity index (χ0n) is 19.9. The van der Waals surface area contributed by atoms with E-state index in [4.69, 9.17) is 30.8 Å².